The number of carbonyl (C=O) groups is 3. The first-order chi connectivity index (χ1) is 15.7. The Morgan fingerprint density at radius 2 is 2.06 bits per heavy atom. The molecule has 0 radical (unpaired) electrons. The van der Waals surface area contributed by atoms with Crippen LogP contribution < -0.4 is 14.4 Å². The second-order valence-electron chi connectivity index (χ2n) is 8.08. The van der Waals surface area contributed by atoms with Crippen molar-refractivity contribution in [2.75, 3.05) is 31.8 Å². The number of hydrogen-bond acceptors (Lipinski definition) is 8. The number of benzene rings is 1. The lowest BCUT2D eigenvalue weighted by molar-refractivity contribution is -0.174. The average molecular weight is 462 g/mol. The van der Waals surface area contributed by atoms with Gasteiger partial charge in [-0.15, -0.1) is 0 Å². The molecule has 2 atom stereocenters. The van der Waals surface area contributed by atoms with Crippen LogP contribution in [-0.2, 0) is 9.53 Å². The van der Waals surface area contributed by atoms with Gasteiger partial charge in [0.15, 0.2) is 23.5 Å². The predicted molar refractivity (Wildman–Crippen MR) is 118 cm³/mol. The Bertz CT molecular complexity index is 933. The van der Waals surface area contributed by atoms with Crippen molar-refractivity contribution in [3.63, 3.8) is 0 Å². The zero-order chi connectivity index (χ0) is 24.2. The van der Waals surface area contributed by atoms with Gasteiger partial charge in [0.05, 0.1) is 25.0 Å². The van der Waals surface area contributed by atoms with Crippen LogP contribution in [0.3, 0.4) is 0 Å². The van der Waals surface area contributed by atoms with E-state index in [9.17, 15) is 24.6 Å². The molecule has 1 aromatic carbocycles. The number of Topliss-reactive ketones (excluding diaryl/α,β-unsaturated/α-hetero) is 1. The molecule has 10 nitrogen and oxygen atoms in total. The fourth-order valence-electron chi connectivity index (χ4n) is 4.11. The van der Waals surface area contributed by atoms with Gasteiger partial charge in [0.25, 0.3) is 5.91 Å². The molecule has 10 heteroatoms. The molecule has 0 spiro atoms. The van der Waals surface area contributed by atoms with Gasteiger partial charge in [-0.1, -0.05) is 12.7 Å². The highest BCUT2D eigenvalue weighted by Crippen LogP contribution is 2.43. The molecule has 0 bridgehead atoms. The number of nitrogens with zero attached hydrogens (tertiary/aromatic N) is 2. The van der Waals surface area contributed by atoms with Crippen LogP contribution in [0.1, 0.15) is 49.4 Å². The number of ether oxygens (including phenoxy) is 3. The van der Waals surface area contributed by atoms with Crippen LogP contribution in [0.4, 0.5) is 10.5 Å². The average Bonchev–Trinajstić information content (AvgIpc) is 2.86. The second-order valence-corrected chi connectivity index (χ2v) is 8.08. The smallest absolute Gasteiger partial charge is 0.416 e. The standard InChI is InChI=1S/C23H30N2O8/c1-4-11-33-22(29)25-17-14-19(32-12-7-8-15(2)26)18(31-3)13-16(17)20(27)24-10-6-5-9-23(24,30)21(25)28/h4,13-14,21,28,30H,1,5-12H2,2-3H3/t21?,23-/m1/s1. The Balaban J connectivity index is 2.09. The van der Waals surface area contributed by atoms with Gasteiger partial charge >= 0.3 is 6.09 Å². The normalized spacial score (nSPS) is 22.1. The molecule has 2 N–H and O–H groups in total. The summed E-state index contributed by atoms with van der Waals surface area (Å²) in [6.45, 7) is 5.28. The number of aliphatic hydroxyl groups excluding tert-OH is 1. The van der Waals surface area contributed by atoms with E-state index in [0.717, 1.165) is 4.90 Å². The van der Waals surface area contributed by atoms with Gasteiger partial charge in [-0.25, -0.2) is 9.69 Å². The Morgan fingerprint density at radius 1 is 1.30 bits per heavy atom. The number of carbonyl (C=O) groups excluding carboxylic acids is 3. The van der Waals surface area contributed by atoms with Crippen molar-refractivity contribution in [2.45, 2.75) is 51.0 Å². The van der Waals surface area contributed by atoms with Gasteiger partial charge < -0.3 is 34.1 Å². The number of aliphatic hydroxyl groups is 2. The third-order valence-corrected chi connectivity index (χ3v) is 5.77. The Morgan fingerprint density at radius 3 is 2.73 bits per heavy atom. The molecular formula is C23H30N2O8. The molecule has 1 saturated heterocycles. The summed E-state index contributed by atoms with van der Waals surface area (Å²) in [6, 6.07) is 2.82. The van der Waals surface area contributed by atoms with Crippen molar-refractivity contribution in [2.24, 2.45) is 0 Å². The largest absolute Gasteiger partial charge is 0.493 e. The van der Waals surface area contributed by atoms with E-state index in [-0.39, 0.29) is 54.7 Å². The van der Waals surface area contributed by atoms with E-state index in [4.69, 9.17) is 14.2 Å². The highest BCUT2D eigenvalue weighted by molar-refractivity contribution is 6.06. The SMILES string of the molecule is C=CCOC(=O)N1c2cc(OCCCC(C)=O)c(OC)cc2C(=O)N2CCCC[C@@]2(O)C1O. The molecular weight excluding hydrogens is 432 g/mol. The molecule has 1 aromatic rings. The summed E-state index contributed by atoms with van der Waals surface area (Å²) in [5.74, 6) is -0.0663. The Kier molecular flexibility index (Phi) is 7.60. The Labute approximate surface area is 192 Å². The van der Waals surface area contributed by atoms with Crippen molar-refractivity contribution in [3.05, 3.63) is 30.4 Å². The molecule has 0 aromatic heterocycles. The summed E-state index contributed by atoms with van der Waals surface area (Å²) < 4.78 is 16.3. The lowest BCUT2D eigenvalue weighted by Crippen LogP contribution is -2.65. The summed E-state index contributed by atoms with van der Waals surface area (Å²) in [5.41, 5.74) is -1.92. The van der Waals surface area contributed by atoms with E-state index in [1.165, 1.54) is 37.1 Å². The highest BCUT2D eigenvalue weighted by Gasteiger charge is 2.53. The number of anilines is 1. The number of ketones is 1. The molecule has 0 aliphatic carbocycles. The lowest BCUT2D eigenvalue weighted by atomic mass is 9.96. The first-order valence-corrected chi connectivity index (χ1v) is 10.9. The molecule has 1 unspecified atom stereocenters. The maximum absolute atomic E-state index is 13.4. The molecule has 2 aliphatic rings. The van der Waals surface area contributed by atoms with Crippen molar-refractivity contribution in [1.29, 1.82) is 0 Å². The van der Waals surface area contributed by atoms with Gasteiger partial charge in [-0.05, 0) is 38.7 Å². The zero-order valence-corrected chi connectivity index (χ0v) is 18.9. The van der Waals surface area contributed by atoms with E-state index in [1.54, 1.807) is 0 Å². The van der Waals surface area contributed by atoms with Crippen LogP contribution in [0.15, 0.2) is 24.8 Å². The van der Waals surface area contributed by atoms with Crippen molar-refractivity contribution >= 4 is 23.5 Å². The Hall–Kier alpha value is -3.11. The summed E-state index contributed by atoms with van der Waals surface area (Å²) >= 11 is 0. The fraction of sp³-hybridized carbons (Fsp3) is 0.522. The van der Waals surface area contributed by atoms with Crippen LogP contribution in [0.25, 0.3) is 0 Å². The first kappa shape index (κ1) is 24.5. The summed E-state index contributed by atoms with van der Waals surface area (Å²) in [7, 11) is 1.41. The topological polar surface area (TPSA) is 126 Å². The number of rotatable bonds is 8. The number of hydrogen-bond donors (Lipinski definition) is 2. The molecule has 1 fully saturated rings. The third kappa shape index (κ3) is 4.81. The molecule has 2 amide bonds. The van der Waals surface area contributed by atoms with Crippen LogP contribution >= 0.6 is 0 Å². The van der Waals surface area contributed by atoms with Crippen molar-refractivity contribution in [3.8, 4) is 11.5 Å². The lowest BCUT2D eigenvalue weighted by Gasteiger charge is -2.45. The third-order valence-electron chi connectivity index (χ3n) is 5.77. The number of piperidine rings is 1. The summed E-state index contributed by atoms with van der Waals surface area (Å²) in [5, 5.41) is 22.5. The van der Waals surface area contributed by atoms with Gasteiger partial charge in [-0.2, -0.15) is 0 Å². The van der Waals surface area contributed by atoms with Crippen molar-refractivity contribution in [1.82, 2.24) is 4.90 Å². The van der Waals surface area contributed by atoms with Crippen molar-refractivity contribution < 1.29 is 38.8 Å². The molecule has 33 heavy (non-hydrogen) atoms. The molecule has 2 heterocycles. The summed E-state index contributed by atoms with van der Waals surface area (Å²) in [6.07, 6.45) is 0.743. The van der Waals surface area contributed by atoms with Crippen LogP contribution in [0.5, 0.6) is 11.5 Å². The number of fused-ring (bicyclic) bond motifs is 2. The van der Waals surface area contributed by atoms with E-state index in [2.05, 4.69) is 6.58 Å². The minimum Gasteiger partial charge on any atom is -0.493 e. The number of amides is 2. The maximum atomic E-state index is 13.4. The van der Waals surface area contributed by atoms with Gasteiger partial charge in [0.1, 0.15) is 12.4 Å². The summed E-state index contributed by atoms with van der Waals surface area (Å²) in [4.78, 5) is 39.6. The minimum atomic E-state index is -1.99. The fourth-order valence-corrected chi connectivity index (χ4v) is 4.11. The maximum Gasteiger partial charge on any atom is 0.416 e. The monoisotopic (exact) mass is 462 g/mol. The molecule has 2 aliphatic heterocycles. The van der Waals surface area contributed by atoms with E-state index in [1.807, 2.05) is 0 Å². The number of methoxy groups -OCH3 is 1. The van der Waals surface area contributed by atoms with Gasteiger partial charge in [0, 0.05) is 19.0 Å². The molecule has 180 valence electrons. The quantitative estimate of drug-likeness (QED) is 0.445. The van der Waals surface area contributed by atoms with Gasteiger partial charge in [-0.3, -0.25) is 4.79 Å². The van der Waals surface area contributed by atoms with Gasteiger partial charge in [0.2, 0.25) is 0 Å². The highest BCUT2D eigenvalue weighted by atomic mass is 16.6. The van der Waals surface area contributed by atoms with E-state index >= 15 is 0 Å². The zero-order valence-electron chi connectivity index (χ0n) is 18.9. The van der Waals surface area contributed by atoms with Crippen LogP contribution in [0, 0.1) is 0 Å². The molecule has 3 rings (SSSR count). The molecule has 0 saturated carbocycles. The van der Waals surface area contributed by atoms with Crippen LogP contribution in [-0.4, -0.2) is 71.7 Å². The second kappa shape index (κ2) is 10.2. The minimum absolute atomic E-state index is 0.0201. The van der Waals surface area contributed by atoms with E-state index < -0.39 is 24.0 Å². The van der Waals surface area contributed by atoms with E-state index in [0.29, 0.717) is 25.7 Å². The van der Waals surface area contributed by atoms with Crippen LogP contribution in [0.2, 0.25) is 0 Å². The first-order valence-electron chi connectivity index (χ1n) is 10.9. The predicted octanol–water partition coefficient (Wildman–Crippen LogP) is 2.22.